The molecule has 5 heteroatoms. The van der Waals surface area contributed by atoms with Gasteiger partial charge < -0.3 is 10.1 Å². The molecular weight excluding hydrogens is 246 g/mol. The van der Waals surface area contributed by atoms with E-state index in [2.05, 4.69) is 47.8 Å². The summed E-state index contributed by atoms with van der Waals surface area (Å²) in [4.78, 5) is 0. The maximum absolute atomic E-state index is 5.32. The fourth-order valence-corrected chi connectivity index (χ4v) is 2.08. The summed E-state index contributed by atoms with van der Waals surface area (Å²) in [5, 5.41) is 5.94. The maximum Gasteiger partial charge on any atom is 0.185 e. The van der Waals surface area contributed by atoms with Gasteiger partial charge in [0.2, 0.25) is 0 Å². The van der Waals surface area contributed by atoms with Gasteiger partial charge in [-0.3, -0.25) is 5.43 Å². The molecule has 2 rings (SSSR count). The summed E-state index contributed by atoms with van der Waals surface area (Å²) in [5.41, 5.74) is 6.65. The highest BCUT2D eigenvalue weighted by atomic mass is 32.1. The quantitative estimate of drug-likeness (QED) is 0.798. The van der Waals surface area contributed by atoms with Gasteiger partial charge in [-0.2, -0.15) is 0 Å². The predicted octanol–water partition coefficient (Wildman–Crippen LogP) is 1.84. The second-order valence-corrected chi connectivity index (χ2v) is 4.89. The highest BCUT2D eigenvalue weighted by molar-refractivity contribution is 7.80. The lowest BCUT2D eigenvalue weighted by molar-refractivity contribution is 0.0252. The molecule has 1 aromatic rings. The molecule has 1 heterocycles. The van der Waals surface area contributed by atoms with Crippen LogP contribution in [0.25, 0.3) is 0 Å². The lowest BCUT2D eigenvalue weighted by Crippen LogP contribution is -2.49. The number of nitrogens with one attached hydrogen (secondary N) is 2. The molecule has 1 aliphatic rings. The molecule has 1 aliphatic heterocycles. The van der Waals surface area contributed by atoms with Crippen molar-refractivity contribution >= 4 is 23.0 Å². The van der Waals surface area contributed by atoms with Crippen LogP contribution in [0.2, 0.25) is 0 Å². The first-order valence-electron chi connectivity index (χ1n) is 6.13. The van der Waals surface area contributed by atoms with Gasteiger partial charge >= 0.3 is 0 Å². The number of ether oxygens (including phenoxy) is 1. The molecule has 0 atom stereocenters. The Balaban J connectivity index is 1.92. The first-order chi connectivity index (χ1) is 8.65. The lowest BCUT2D eigenvalue weighted by atomic mass is 10.1. The summed E-state index contributed by atoms with van der Waals surface area (Å²) in [6, 6.07) is 6.29. The molecule has 0 aromatic heterocycles. The fraction of sp³-hybridized carbons (Fsp3) is 0.462. The summed E-state index contributed by atoms with van der Waals surface area (Å²) < 4.78 is 5.29. The first kappa shape index (κ1) is 13.3. The minimum absolute atomic E-state index is 0.630. The third kappa shape index (κ3) is 3.66. The monoisotopic (exact) mass is 265 g/mol. The number of benzene rings is 1. The van der Waals surface area contributed by atoms with Crippen LogP contribution in [0.4, 0.5) is 5.69 Å². The number of rotatable bonds is 2. The molecule has 0 amide bonds. The van der Waals surface area contributed by atoms with Crippen LogP contribution < -0.4 is 10.7 Å². The van der Waals surface area contributed by atoms with Crippen molar-refractivity contribution in [2.75, 3.05) is 31.6 Å². The number of morpholine rings is 1. The number of hydrogen-bond donors (Lipinski definition) is 2. The van der Waals surface area contributed by atoms with Crippen molar-refractivity contribution in [3.8, 4) is 0 Å². The van der Waals surface area contributed by atoms with Gasteiger partial charge in [0.15, 0.2) is 5.11 Å². The Morgan fingerprint density at radius 3 is 2.72 bits per heavy atom. The van der Waals surface area contributed by atoms with E-state index < -0.39 is 0 Å². The van der Waals surface area contributed by atoms with Gasteiger partial charge in [0.25, 0.3) is 0 Å². The van der Waals surface area contributed by atoms with Gasteiger partial charge in [-0.25, -0.2) is 5.01 Å². The highest BCUT2D eigenvalue weighted by Crippen LogP contribution is 2.16. The second kappa shape index (κ2) is 6.13. The van der Waals surface area contributed by atoms with Crippen LogP contribution in [-0.4, -0.2) is 36.4 Å². The summed E-state index contributed by atoms with van der Waals surface area (Å²) in [6.45, 7) is 7.35. The van der Waals surface area contributed by atoms with Gasteiger partial charge in [-0.1, -0.05) is 12.1 Å². The number of thiocarbonyl (C=S) groups is 1. The molecule has 0 spiro atoms. The molecule has 0 unspecified atom stereocenters. The van der Waals surface area contributed by atoms with Crippen LogP contribution in [0.5, 0.6) is 0 Å². The lowest BCUT2D eigenvalue weighted by Gasteiger charge is -2.28. The van der Waals surface area contributed by atoms with Crippen LogP contribution in [0.15, 0.2) is 18.2 Å². The van der Waals surface area contributed by atoms with E-state index in [1.165, 1.54) is 11.1 Å². The van der Waals surface area contributed by atoms with E-state index in [0.717, 1.165) is 32.0 Å². The third-order valence-corrected chi connectivity index (χ3v) is 3.11. The van der Waals surface area contributed by atoms with Crippen LogP contribution in [0.1, 0.15) is 11.1 Å². The van der Waals surface area contributed by atoms with Crippen LogP contribution >= 0.6 is 12.2 Å². The maximum atomic E-state index is 5.32. The number of nitrogens with zero attached hydrogens (tertiary/aromatic N) is 1. The minimum atomic E-state index is 0.630. The van der Waals surface area contributed by atoms with E-state index in [4.69, 9.17) is 17.0 Å². The molecule has 98 valence electrons. The van der Waals surface area contributed by atoms with E-state index in [0.29, 0.717) is 5.11 Å². The van der Waals surface area contributed by atoms with Crippen molar-refractivity contribution in [3.05, 3.63) is 29.3 Å². The summed E-state index contributed by atoms with van der Waals surface area (Å²) >= 11 is 5.32. The van der Waals surface area contributed by atoms with Crippen molar-refractivity contribution in [1.82, 2.24) is 10.4 Å². The number of hydrazine groups is 1. The molecule has 0 bridgehead atoms. The van der Waals surface area contributed by atoms with Gasteiger partial charge in [0.1, 0.15) is 0 Å². The van der Waals surface area contributed by atoms with Crippen LogP contribution in [0, 0.1) is 13.8 Å². The molecule has 1 aromatic carbocycles. The average Bonchev–Trinajstić information content (AvgIpc) is 2.35. The largest absolute Gasteiger partial charge is 0.379 e. The molecule has 1 fully saturated rings. The normalized spacial score (nSPS) is 16.3. The topological polar surface area (TPSA) is 36.5 Å². The standard InChI is InChI=1S/C13H19N3OS/c1-10-3-4-11(2)12(9-10)14-13(18)15-16-5-7-17-8-6-16/h3-4,9H,5-8H2,1-2H3,(H2,14,15,18). The van der Waals surface area contributed by atoms with Gasteiger partial charge in [-0.05, 0) is 43.3 Å². The Morgan fingerprint density at radius 2 is 2.00 bits per heavy atom. The van der Waals surface area contributed by atoms with Gasteiger partial charge in [-0.15, -0.1) is 0 Å². The molecular formula is C13H19N3OS. The van der Waals surface area contributed by atoms with Gasteiger partial charge in [0, 0.05) is 18.8 Å². The predicted molar refractivity (Wildman–Crippen MR) is 77.7 cm³/mol. The van der Waals surface area contributed by atoms with Gasteiger partial charge in [0.05, 0.1) is 13.2 Å². The average molecular weight is 265 g/mol. The summed E-state index contributed by atoms with van der Waals surface area (Å²) in [5.74, 6) is 0. The van der Waals surface area contributed by atoms with E-state index >= 15 is 0 Å². The Bertz CT molecular complexity index is 430. The Hall–Kier alpha value is -1.17. The zero-order chi connectivity index (χ0) is 13.0. The fourth-order valence-electron chi connectivity index (χ4n) is 1.84. The minimum Gasteiger partial charge on any atom is -0.379 e. The zero-order valence-corrected chi connectivity index (χ0v) is 11.6. The second-order valence-electron chi connectivity index (χ2n) is 4.48. The van der Waals surface area contributed by atoms with Crippen molar-refractivity contribution in [3.63, 3.8) is 0 Å². The number of anilines is 1. The number of hydrogen-bond acceptors (Lipinski definition) is 3. The van der Waals surface area contributed by atoms with Crippen molar-refractivity contribution < 1.29 is 4.74 Å². The van der Waals surface area contributed by atoms with Crippen LogP contribution in [0.3, 0.4) is 0 Å². The molecule has 4 nitrogen and oxygen atoms in total. The molecule has 18 heavy (non-hydrogen) atoms. The Kier molecular flexibility index (Phi) is 4.52. The third-order valence-electron chi connectivity index (χ3n) is 2.91. The molecule has 0 radical (unpaired) electrons. The Labute approximate surface area is 113 Å². The zero-order valence-electron chi connectivity index (χ0n) is 10.8. The summed E-state index contributed by atoms with van der Waals surface area (Å²) in [7, 11) is 0. The van der Waals surface area contributed by atoms with E-state index in [1.807, 2.05) is 0 Å². The Morgan fingerprint density at radius 1 is 1.28 bits per heavy atom. The molecule has 0 saturated carbocycles. The molecule has 0 aliphatic carbocycles. The van der Waals surface area contributed by atoms with E-state index in [9.17, 15) is 0 Å². The van der Waals surface area contributed by atoms with Crippen LogP contribution in [-0.2, 0) is 4.74 Å². The first-order valence-corrected chi connectivity index (χ1v) is 6.53. The smallest absolute Gasteiger partial charge is 0.185 e. The molecule has 2 N–H and O–H groups in total. The van der Waals surface area contributed by atoms with Crippen molar-refractivity contribution in [2.45, 2.75) is 13.8 Å². The summed E-state index contributed by atoms with van der Waals surface area (Å²) in [6.07, 6.45) is 0. The molecule has 1 saturated heterocycles. The van der Waals surface area contributed by atoms with Crippen molar-refractivity contribution in [1.29, 1.82) is 0 Å². The van der Waals surface area contributed by atoms with Crippen molar-refractivity contribution in [2.24, 2.45) is 0 Å². The van der Waals surface area contributed by atoms with E-state index in [1.54, 1.807) is 0 Å². The SMILES string of the molecule is Cc1ccc(C)c(NC(=S)NN2CCOCC2)c1. The van der Waals surface area contributed by atoms with E-state index in [-0.39, 0.29) is 0 Å². The number of aryl methyl sites for hydroxylation is 2. The highest BCUT2D eigenvalue weighted by Gasteiger charge is 2.11.